The molecule has 1 unspecified atom stereocenters. The van der Waals surface area contributed by atoms with Crippen LogP contribution in [0.2, 0.25) is 0 Å². The number of carbonyl (C=O) groups is 1. The fourth-order valence-electron chi connectivity index (χ4n) is 4.51. The molecular weight excluding hydrogens is 386 g/mol. The van der Waals surface area contributed by atoms with Gasteiger partial charge < -0.3 is 9.80 Å². The first-order chi connectivity index (χ1) is 14.0. The highest BCUT2D eigenvalue weighted by molar-refractivity contribution is 7.18. The molecule has 4 heterocycles. The first kappa shape index (κ1) is 20.5. The lowest BCUT2D eigenvalue weighted by atomic mass is 10.2. The van der Waals surface area contributed by atoms with E-state index in [-0.39, 0.29) is 11.5 Å². The van der Waals surface area contributed by atoms with Gasteiger partial charge in [-0.1, -0.05) is 6.92 Å². The molecule has 2 fully saturated rings. The van der Waals surface area contributed by atoms with Gasteiger partial charge in [0.15, 0.2) is 0 Å². The molecule has 0 radical (unpaired) electrons. The molecule has 7 nitrogen and oxygen atoms in total. The van der Waals surface area contributed by atoms with E-state index >= 15 is 0 Å². The average Bonchev–Trinajstić information content (AvgIpc) is 3.33. The average molecular weight is 418 g/mol. The first-order valence-corrected chi connectivity index (χ1v) is 11.5. The van der Waals surface area contributed by atoms with E-state index < -0.39 is 0 Å². The molecule has 0 bridgehead atoms. The quantitative estimate of drug-likeness (QED) is 0.741. The van der Waals surface area contributed by atoms with Gasteiger partial charge in [0.1, 0.15) is 4.83 Å². The second-order valence-corrected chi connectivity index (χ2v) is 9.41. The van der Waals surface area contributed by atoms with Crippen LogP contribution in [0.4, 0.5) is 0 Å². The minimum Gasteiger partial charge on any atom is -0.341 e. The third kappa shape index (κ3) is 4.11. The van der Waals surface area contributed by atoms with E-state index in [1.54, 1.807) is 22.2 Å². The monoisotopic (exact) mass is 417 g/mol. The maximum Gasteiger partial charge on any atom is 0.262 e. The van der Waals surface area contributed by atoms with Crippen LogP contribution >= 0.6 is 11.3 Å². The second kappa shape index (κ2) is 8.53. The van der Waals surface area contributed by atoms with Crippen LogP contribution in [0.1, 0.15) is 30.2 Å². The Bertz CT molecular complexity index is 944. The summed E-state index contributed by atoms with van der Waals surface area (Å²) in [5, 5.41) is 0.704. The lowest BCUT2D eigenvalue weighted by molar-refractivity contribution is -0.130. The molecule has 2 aliphatic rings. The van der Waals surface area contributed by atoms with Gasteiger partial charge in [0.2, 0.25) is 5.91 Å². The lowest BCUT2D eigenvalue weighted by Crippen LogP contribution is -2.51. The largest absolute Gasteiger partial charge is 0.341 e. The predicted molar refractivity (Wildman–Crippen MR) is 117 cm³/mol. The molecule has 1 amide bonds. The van der Waals surface area contributed by atoms with E-state index in [0.29, 0.717) is 24.4 Å². The van der Waals surface area contributed by atoms with Gasteiger partial charge in [0, 0.05) is 63.2 Å². The van der Waals surface area contributed by atoms with E-state index in [0.717, 1.165) is 67.5 Å². The Morgan fingerprint density at radius 2 is 1.97 bits per heavy atom. The number of likely N-dealkylation sites (tertiary alicyclic amines) is 1. The van der Waals surface area contributed by atoms with Gasteiger partial charge >= 0.3 is 0 Å². The van der Waals surface area contributed by atoms with Crippen molar-refractivity contribution >= 4 is 27.5 Å². The number of rotatable bonds is 5. The van der Waals surface area contributed by atoms with Gasteiger partial charge in [-0.25, -0.2) is 4.98 Å². The van der Waals surface area contributed by atoms with Crippen molar-refractivity contribution in [2.45, 2.75) is 46.2 Å². The lowest BCUT2D eigenvalue weighted by Gasteiger charge is -2.37. The van der Waals surface area contributed by atoms with Crippen molar-refractivity contribution in [3.8, 4) is 0 Å². The molecule has 0 N–H and O–H groups in total. The van der Waals surface area contributed by atoms with Gasteiger partial charge in [0.25, 0.3) is 5.56 Å². The summed E-state index contributed by atoms with van der Waals surface area (Å²) in [6.07, 6.45) is 3.00. The van der Waals surface area contributed by atoms with Crippen molar-refractivity contribution in [1.29, 1.82) is 0 Å². The van der Waals surface area contributed by atoms with E-state index in [1.165, 1.54) is 0 Å². The maximum absolute atomic E-state index is 12.8. The fourth-order valence-corrected chi connectivity index (χ4v) is 5.50. The zero-order chi connectivity index (χ0) is 20.5. The summed E-state index contributed by atoms with van der Waals surface area (Å²) in [4.78, 5) is 38.9. The molecule has 2 aromatic heterocycles. The van der Waals surface area contributed by atoms with E-state index in [9.17, 15) is 9.59 Å². The number of likely N-dealkylation sites (N-methyl/N-ethyl adjacent to an activating group) is 1. The van der Waals surface area contributed by atoms with Gasteiger partial charge in [-0.15, -0.1) is 11.3 Å². The van der Waals surface area contributed by atoms with Gasteiger partial charge in [-0.05, 0) is 32.4 Å². The van der Waals surface area contributed by atoms with Gasteiger partial charge in [-0.3, -0.25) is 19.1 Å². The number of nitrogens with zero attached hydrogens (tertiary/aromatic N) is 5. The molecule has 2 aromatic rings. The van der Waals surface area contributed by atoms with Crippen molar-refractivity contribution < 1.29 is 4.79 Å². The molecule has 8 heteroatoms. The summed E-state index contributed by atoms with van der Waals surface area (Å²) in [6, 6.07) is 0.482. The number of aromatic nitrogens is 2. The molecule has 0 aromatic carbocycles. The van der Waals surface area contributed by atoms with Crippen LogP contribution in [0.5, 0.6) is 0 Å². The van der Waals surface area contributed by atoms with Crippen molar-refractivity contribution in [3.05, 3.63) is 27.1 Å². The van der Waals surface area contributed by atoms with Crippen molar-refractivity contribution in [3.63, 3.8) is 0 Å². The third-order valence-electron chi connectivity index (χ3n) is 6.61. The summed E-state index contributed by atoms with van der Waals surface area (Å²) >= 11 is 1.55. The van der Waals surface area contributed by atoms with E-state index in [1.807, 2.05) is 18.7 Å². The summed E-state index contributed by atoms with van der Waals surface area (Å²) in [5.41, 5.74) is 0.978. The minimum atomic E-state index is -0.0299. The van der Waals surface area contributed by atoms with Crippen LogP contribution in [-0.2, 0) is 11.3 Å². The Labute approximate surface area is 175 Å². The van der Waals surface area contributed by atoms with Gasteiger partial charge in [-0.2, -0.15) is 0 Å². The van der Waals surface area contributed by atoms with Crippen molar-refractivity contribution in [2.24, 2.45) is 0 Å². The minimum absolute atomic E-state index is 0.0299. The number of thiophene rings is 1. The summed E-state index contributed by atoms with van der Waals surface area (Å²) in [5.74, 6) is 0.143. The Morgan fingerprint density at radius 1 is 1.21 bits per heavy atom. The molecule has 0 aliphatic carbocycles. The fraction of sp³-hybridized carbons (Fsp3) is 0.667. The molecule has 2 aliphatic heterocycles. The van der Waals surface area contributed by atoms with Crippen LogP contribution in [0, 0.1) is 13.8 Å². The summed E-state index contributed by atoms with van der Waals surface area (Å²) in [6.45, 7) is 13.8. The second-order valence-electron chi connectivity index (χ2n) is 8.21. The number of aryl methyl sites for hydroxylation is 3. The molecule has 158 valence electrons. The standard InChI is InChI=1S/C21H31N5O2S/c1-4-23-9-11-24(12-10-23)17-5-7-25(13-17)18(27)6-8-26-14-22-20-19(21(26)28)15(2)16(3)29-20/h14,17H,4-13H2,1-3H3. The highest BCUT2D eigenvalue weighted by Crippen LogP contribution is 2.25. The molecule has 4 rings (SSSR count). The third-order valence-corrected chi connectivity index (χ3v) is 7.72. The normalized spacial score (nSPS) is 21.3. The Morgan fingerprint density at radius 3 is 2.69 bits per heavy atom. The smallest absolute Gasteiger partial charge is 0.262 e. The predicted octanol–water partition coefficient (Wildman–Crippen LogP) is 1.70. The molecule has 2 saturated heterocycles. The molecule has 1 atom stereocenters. The Kier molecular flexibility index (Phi) is 6.03. The van der Waals surface area contributed by atoms with Crippen LogP contribution in [-0.4, -0.2) is 82.0 Å². The zero-order valence-electron chi connectivity index (χ0n) is 17.7. The molecule has 29 heavy (non-hydrogen) atoms. The first-order valence-electron chi connectivity index (χ1n) is 10.7. The zero-order valence-corrected chi connectivity index (χ0v) is 18.5. The Hall–Kier alpha value is -1.77. The summed E-state index contributed by atoms with van der Waals surface area (Å²) in [7, 11) is 0. The number of carbonyl (C=O) groups excluding carboxylic acids is 1. The van der Waals surface area contributed by atoms with Crippen LogP contribution in [0.25, 0.3) is 10.2 Å². The topological polar surface area (TPSA) is 61.7 Å². The van der Waals surface area contributed by atoms with Crippen molar-refractivity contribution in [1.82, 2.24) is 24.3 Å². The SMILES string of the molecule is CCN1CCN(C2CCN(C(=O)CCn3cnc4sc(C)c(C)c4c3=O)C2)CC1. The van der Waals surface area contributed by atoms with Crippen LogP contribution < -0.4 is 5.56 Å². The highest BCUT2D eigenvalue weighted by Gasteiger charge is 2.31. The van der Waals surface area contributed by atoms with E-state index in [2.05, 4.69) is 21.7 Å². The summed E-state index contributed by atoms with van der Waals surface area (Å²) < 4.78 is 1.59. The van der Waals surface area contributed by atoms with Crippen LogP contribution in [0.15, 0.2) is 11.1 Å². The molecular formula is C21H31N5O2S. The number of hydrogen-bond donors (Lipinski definition) is 0. The number of fused-ring (bicyclic) bond motifs is 1. The maximum atomic E-state index is 12.8. The molecule has 0 spiro atoms. The van der Waals surface area contributed by atoms with E-state index in [4.69, 9.17) is 0 Å². The highest BCUT2D eigenvalue weighted by atomic mass is 32.1. The Balaban J connectivity index is 1.34. The number of amides is 1. The number of piperazine rings is 1. The molecule has 0 saturated carbocycles. The van der Waals surface area contributed by atoms with Gasteiger partial charge in [0.05, 0.1) is 11.7 Å². The van der Waals surface area contributed by atoms with Crippen molar-refractivity contribution in [2.75, 3.05) is 45.8 Å². The number of hydrogen-bond acceptors (Lipinski definition) is 6. The van der Waals surface area contributed by atoms with Crippen LogP contribution in [0.3, 0.4) is 0 Å².